The molecule has 4 heteroatoms. The summed E-state index contributed by atoms with van der Waals surface area (Å²) in [5.41, 5.74) is 6.81. The van der Waals surface area contributed by atoms with E-state index in [4.69, 9.17) is 10.5 Å². The third-order valence-corrected chi connectivity index (χ3v) is 2.95. The molecule has 0 bridgehead atoms. The zero-order valence-corrected chi connectivity index (χ0v) is 10.1. The standard InChI is InChI=1S/C12H21N3O/c1-9(13)5-11-6-15(8-14-11)7-12-4-3-10(2)16-12/h6,8-10,12H,3-5,7,13H2,1-2H3. The molecule has 1 aromatic heterocycles. The van der Waals surface area contributed by atoms with Gasteiger partial charge in [-0.3, -0.25) is 0 Å². The van der Waals surface area contributed by atoms with Gasteiger partial charge in [-0.25, -0.2) is 4.98 Å². The molecule has 16 heavy (non-hydrogen) atoms. The van der Waals surface area contributed by atoms with Gasteiger partial charge in [0, 0.05) is 25.2 Å². The number of rotatable bonds is 4. The van der Waals surface area contributed by atoms with Gasteiger partial charge < -0.3 is 15.0 Å². The number of aromatic nitrogens is 2. The van der Waals surface area contributed by atoms with E-state index in [0.717, 1.165) is 25.1 Å². The first-order valence-electron chi connectivity index (χ1n) is 6.05. The summed E-state index contributed by atoms with van der Waals surface area (Å²) >= 11 is 0. The minimum atomic E-state index is 0.172. The molecule has 2 heterocycles. The highest BCUT2D eigenvalue weighted by atomic mass is 16.5. The summed E-state index contributed by atoms with van der Waals surface area (Å²) in [5, 5.41) is 0. The second-order valence-electron chi connectivity index (χ2n) is 4.89. The Hall–Kier alpha value is -0.870. The molecule has 90 valence electrons. The van der Waals surface area contributed by atoms with Crippen LogP contribution in [0.15, 0.2) is 12.5 Å². The number of nitrogens with zero attached hydrogens (tertiary/aromatic N) is 2. The fraction of sp³-hybridized carbons (Fsp3) is 0.750. The van der Waals surface area contributed by atoms with Crippen LogP contribution < -0.4 is 5.73 Å². The molecule has 1 aromatic rings. The average Bonchev–Trinajstić information content (AvgIpc) is 2.76. The van der Waals surface area contributed by atoms with E-state index in [9.17, 15) is 0 Å². The first-order chi connectivity index (χ1) is 7.63. The largest absolute Gasteiger partial charge is 0.373 e. The first kappa shape index (κ1) is 11.6. The zero-order valence-electron chi connectivity index (χ0n) is 10.1. The minimum absolute atomic E-state index is 0.172. The summed E-state index contributed by atoms with van der Waals surface area (Å²) in [7, 11) is 0. The van der Waals surface area contributed by atoms with Crippen LogP contribution in [-0.2, 0) is 17.7 Å². The molecule has 1 fully saturated rings. The van der Waals surface area contributed by atoms with Crippen LogP contribution in [0.2, 0.25) is 0 Å². The van der Waals surface area contributed by atoms with Crippen LogP contribution in [0.4, 0.5) is 0 Å². The van der Waals surface area contributed by atoms with Gasteiger partial charge in [0.2, 0.25) is 0 Å². The van der Waals surface area contributed by atoms with Crippen molar-refractivity contribution in [2.45, 2.75) is 57.9 Å². The molecule has 2 rings (SSSR count). The second-order valence-corrected chi connectivity index (χ2v) is 4.89. The van der Waals surface area contributed by atoms with Crippen molar-refractivity contribution >= 4 is 0 Å². The molecule has 2 N–H and O–H groups in total. The molecule has 0 aromatic carbocycles. The highest BCUT2D eigenvalue weighted by Crippen LogP contribution is 2.20. The molecule has 0 saturated carbocycles. The number of imidazole rings is 1. The summed E-state index contributed by atoms with van der Waals surface area (Å²) in [6, 6.07) is 0.172. The zero-order chi connectivity index (χ0) is 11.5. The Morgan fingerprint density at radius 2 is 2.44 bits per heavy atom. The quantitative estimate of drug-likeness (QED) is 0.838. The molecule has 1 saturated heterocycles. The molecule has 4 nitrogen and oxygen atoms in total. The normalized spacial score (nSPS) is 27.2. The molecular weight excluding hydrogens is 202 g/mol. The number of hydrogen-bond acceptors (Lipinski definition) is 3. The summed E-state index contributed by atoms with van der Waals surface area (Å²) in [6.45, 7) is 5.05. The first-order valence-corrected chi connectivity index (χ1v) is 6.05. The molecule has 1 aliphatic rings. The highest BCUT2D eigenvalue weighted by molar-refractivity contribution is 4.99. The van der Waals surface area contributed by atoms with Gasteiger partial charge in [-0.15, -0.1) is 0 Å². The van der Waals surface area contributed by atoms with Gasteiger partial charge in [-0.2, -0.15) is 0 Å². The third kappa shape index (κ3) is 3.06. The molecule has 1 aliphatic heterocycles. The van der Waals surface area contributed by atoms with Crippen LogP contribution in [-0.4, -0.2) is 27.8 Å². The molecule has 0 amide bonds. The van der Waals surface area contributed by atoms with E-state index in [1.54, 1.807) is 0 Å². The lowest BCUT2D eigenvalue weighted by Gasteiger charge is -2.11. The lowest BCUT2D eigenvalue weighted by molar-refractivity contribution is 0.0458. The fourth-order valence-corrected chi connectivity index (χ4v) is 2.20. The Morgan fingerprint density at radius 1 is 1.62 bits per heavy atom. The van der Waals surface area contributed by atoms with Gasteiger partial charge in [0.05, 0.1) is 24.2 Å². The topological polar surface area (TPSA) is 53.1 Å². The highest BCUT2D eigenvalue weighted by Gasteiger charge is 2.21. The number of nitrogens with two attached hydrogens (primary N) is 1. The van der Waals surface area contributed by atoms with E-state index in [1.807, 2.05) is 13.3 Å². The molecule has 0 radical (unpaired) electrons. The van der Waals surface area contributed by atoms with E-state index >= 15 is 0 Å². The summed E-state index contributed by atoms with van der Waals surface area (Å²) in [4.78, 5) is 4.34. The van der Waals surface area contributed by atoms with Crippen molar-refractivity contribution in [1.29, 1.82) is 0 Å². The summed E-state index contributed by atoms with van der Waals surface area (Å²) < 4.78 is 7.89. The van der Waals surface area contributed by atoms with Gasteiger partial charge >= 0.3 is 0 Å². The minimum Gasteiger partial charge on any atom is -0.373 e. The van der Waals surface area contributed by atoms with Crippen molar-refractivity contribution in [1.82, 2.24) is 9.55 Å². The Bertz CT molecular complexity index is 335. The van der Waals surface area contributed by atoms with Crippen molar-refractivity contribution in [3.63, 3.8) is 0 Å². The molecule has 3 unspecified atom stereocenters. The fourth-order valence-electron chi connectivity index (χ4n) is 2.20. The van der Waals surface area contributed by atoms with Crippen molar-refractivity contribution < 1.29 is 4.74 Å². The van der Waals surface area contributed by atoms with Crippen LogP contribution in [0.25, 0.3) is 0 Å². The van der Waals surface area contributed by atoms with Gasteiger partial charge in [0.15, 0.2) is 0 Å². The second kappa shape index (κ2) is 4.97. The third-order valence-electron chi connectivity index (χ3n) is 2.95. The predicted octanol–water partition coefficient (Wildman–Crippen LogP) is 1.34. The van der Waals surface area contributed by atoms with Crippen molar-refractivity contribution in [3.05, 3.63) is 18.2 Å². The molecular formula is C12H21N3O. The molecule has 3 atom stereocenters. The van der Waals surface area contributed by atoms with Gasteiger partial charge in [-0.05, 0) is 26.7 Å². The Balaban J connectivity index is 1.87. The molecule has 0 aliphatic carbocycles. The smallest absolute Gasteiger partial charge is 0.0950 e. The Labute approximate surface area is 96.8 Å². The number of ether oxygens (including phenoxy) is 1. The van der Waals surface area contributed by atoms with E-state index < -0.39 is 0 Å². The van der Waals surface area contributed by atoms with Crippen molar-refractivity contribution in [2.75, 3.05) is 0 Å². The summed E-state index contributed by atoms with van der Waals surface area (Å²) in [6.07, 6.45) is 7.90. The maximum atomic E-state index is 5.78. The van der Waals surface area contributed by atoms with Crippen molar-refractivity contribution in [3.8, 4) is 0 Å². The molecule has 0 spiro atoms. The van der Waals surface area contributed by atoms with Gasteiger partial charge in [0.1, 0.15) is 0 Å². The van der Waals surface area contributed by atoms with Crippen LogP contribution in [0, 0.1) is 0 Å². The van der Waals surface area contributed by atoms with Crippen LogP contribution in [0.5, 0.6) is 0 Å². The van der Waals surface area contributed by atoms with Gasteiger partial charge in [-0.1, -0.05) is 0 Å². The van der Waals surface area contributed by atoms with Crippen molar-refractivity contribution in [2.24, 2.45) is 5.73 Å². The lowest BCUT2D eigenvalue weighted by atomic mass is 10.2. The Morgan fingerprint density at radius 3 is 3.06 bits per heavy atom. The predicted molar refractivity (Wildman–Crippen MR) is 63.1 cm³/mol. The lowest BCUT2D eigenvalue weighted by Crippen LogP contribution is -2.18. The Kier molecular flexibility index (Phi) is 3.61. The monoisotopic (exact) mass is 223 g/mol. The maximum Gasteiger partial charge on any atom is 0.0950 e. The SMILES string of the molecule is CC(N)Cc1cn(CC2CCC(C)O2)cn1. The van der Waals surface area contributed by atoms with E-state index in [0.29, 0.717) is 12.2 Å². The van der Waals surface area contributed by atoms with Crippen LogP contribution >= 0.6 is 0 Å². The van der Waals surface area contributed by atoms with E-state index in [1.165, 1.54) is 6.42 Å². The van der Waals surface area contributed by atoms with E-state index in [2.05, 4.69) is 22.7 Å². The number of hydrogen-bond donors (Lipinski definition) is 1. The van der Waals surface area contributed by atoms with Crippen LogP contribution in [0.3, 0.4) is 0 Å². The maximum absolute atomic E-state index is 5.78. The van der Waals surface area contributed by atoms with Gasteiger partial charge in [0.25, 0.3) is 0 Å². The summed E-state index contributed by atoms with van der Waals surface area (Å²) in [5.74, 6) is 0. The van der Waals surface area contributed by atoms with E-state index in [-0.39, 0.29) is 6.04 Å². The average molecular weight is 223 g/mol. The van der Waals surface area contributed by atoms with Crippen LogP contribution in [0.1, 0.15) is 32.4 Å².